The minimum atomic E-state index is -4.33. The highest BCUT2D eigenvalue weighted by Gasteiger charge is 2.30. The molecule has 1 heterocycles. The molecule has 0 aliphatic carbocycles. The Morgan fingerprint density at radius 3 is 2.62 bits per heavy atom. The second-order valence-corrected chi connectivity index (χ2v) is 5.27. The van der Waals surface area contributed by atoms with Gasteiger partial charge in [0.25, 0.3) is 0 Å². The van der Waals surface area contributed by atoms with E-state index < -0.39 is 12.7 Å². The van der Waals surface area contributed by atoms with E-state index in [1.165, 1.54) is 23.2 Å². The Balaban J connectivity index is 2.76. The van der Waals surface area contributed by atoms with E-state index in [9.17, 15) is 18.0 Å². The van der Waals surface area contributed by atoms with Gasteiger partial charge in [-0.3, -0.25) is 14.6 Å². The number of aliphatic hydroxyl groups is 1. The molecule has 0 unspecified atom stereocenters. The number of hydrogen-bond donors (Lipinski definition) is 1. The molecule has 1 amide bonds. The second-order valence-electron chi connectivity index (χ2n) is 4.43. The van der Waals surface area contributed by atoms with Crippen LogP contribution in [0.15, 0.2) is 5.38 Å². The molecule has 1 rings (SSSR count). The predicted octanol–water partition coefficient (Wildman–Crippen LogP) is 1.87. The first-order valence-corrected chi connectivity index (χ1v) is 7.27. The summed E-state index contributed by atoms with van der Waals surface area (Å²) in [5.41, 5.74) is 0.451. The predicted molar refractivity (Wildman–Crippen MR) is 74.2 cm³/mol. The van der Waals surface area contributed by atoms with Crippen LogP contribution >= 0.6 is 11.3 Å². The smallest absolute Gasteiger partial charge is 0.395 e. The first kappa shape index (κ1) is 17.9. The van der Waals surface area contributed by atoms with E-state index in [1.807, 2.05) is 0 Å². The number of anilines is 1. The number of aliphatic hydroxyl groups excluding tert-OH is 1. The van der Waals surface area contributed by atoms with Crippen LogP contribution in [-0.2, 0) is 11.3 Å². The zero-order valence-corrected chi connectivity index (χ0v) is 12.7. The Morgan fingerprint density at radius 1 is 1.48 bits per heavy atom. The fourth-order valence-electron chi connectivity index (χ4n) is 1.82. The average Bonchev–Trinajstić information content (AvgIpc) is 2.76. The number of hydrogen-bond acceptors (Lipinski definition) is 5. The van der Waals surface area contributed by atoms with Crippen LogP contribution < -0.4 is 4.90 Å². The highest BCUT2D eigenvalue weighted by Crippen LogP contribution is 2.23. The Bertz CT molecular complexity index is 465. The highest BCUT2D eigenvalue weighted by molar-refractivity contribution is 7.14. The summed E-state index contributed by atoms with van der Waals surface area (Å²) >= 11 is 1.21. The second kappa shape index (κ2) is 7.71. The number of carbonyl (C=O) groups excluding carboxylic acids is 1. The number of amides is 1. The van der Waals surface area contributed by atoms with Crippen molar-refractivity contribution in [2.45, 2.75) is 26.6 Å². The molecule has 5 nitrogen and oxygen atoms in total. The van der Waals surface area contributed by atoms with Gasteiger partial charge in [0.2, 0.25) is 5.91 Å². The van der Waals surface area contributed by atoms with Gasteiger partial charge in [0.05, 0.1) is 18.8 Å². The quantitative estimate of drug-likeness (QED) is 0.831. The molecule has 0 radical (unpaired) electrons. The molecule has 0 aliphatic rings. The van der Waals surface area contributed by atoms with Gasteiger partial charge in [0, 0.05) is 31.9 Å². The number of carbonyl (C=O) groups is 1. The standard InChI is InChI=1S/C12H18F3N3O2S/c1-3-18(9(2)20)11-16-10(7-21-11)6-17(4-5-19)8-12(13,14)15/h7,19H,3-6,8H2,1-2H3. The number of aromatic nitrogens is 1. The number of rotatable bonds is 7. The van der Waals surface area contributed by atoms with Crippen molar-refractivity contribution in [2.24, 2.45) is 0 Å². The van der Waals surface area contributed by atoms with Crippen molar-refractivity contribution in [2.75, 3.05) is 31.1 Å². The molecule has 0 bridgehead atoms. The summed E-state index contributed by atoms with van der Waals surface area (Å²) < 4.78 is 37.3. The van der Waals surface area contributed by atoms with Crippen molar-refractivity contribution >= 4 is 22.4 Å². The van der Waals surface area contributed by atoms with Crippen LogP contribution in [0.1, 0.15) is 19.5 Å². The summed E-state index contributed by atoms with van der Waals surface area (Å²) in [5, 5.41) is 10.9. The SMILES string of the molecule is CCN(C(C)=O)c1nc(CN(CCO)CC(F)(F)F)cs1. The van der Waals surface area contributed by atoms with Crippen molar-refractivity contribution in [1.29, 1.82) is 0 Å². The third-order valence-electron chi connectivity index (χ3n) is 2.67. The molecular formula is C12H18F3N3O2S. The lowest BCUT2D eigenvalue weighted by atomic mass is 10.4. The Hall–Kier alpha value is -1.19. The zero-order chi connectivity index (χ0) is 16.0. The molecule has 0 fully saturated rings. The third-order valence-corrected chi connectivity index (χ3v) is 3.58. The van der Waals surface area contributed by atoms with Crippen molar-refractivity contribution in [3.63, 3.8) is 0 Å². The van der Waals surface area contributed by atoms with Gasteiger partial charge in [-0.05, 0) is 6.92 Å². The van der Waals surface area contributed by atoms with Crippen LogP contribution in [0.4, 0.5) is 18.3 Å². The normalized spacial score (nSPS) is 12.0. The molecule has 0 aliphatic heterocycles. The van der Waals surface area contributed by atoms with Crippen molar-refractivity contribution in [3.8, 4) is 0 Å². The Labute approximate surface area is 125 Å². The molecule has 0 atom stereocenters. The Morgan fingerprint density at radius 2 is 2.14 bits per heavy atom. The summed E-state index contributed by atoms with van der Waals surface area (Å²) in [6.45, 7) is 2.08. The summed E-state index contributed by atoms with van der Waals surface area (Å²) in [4.78, 5) is 18.1. The number of halogens is 3. The van der Waals surface area contributed by atoms with Crippen LogP contribution in [-0.4, -0.2) is 53.3 Å². The van der Waals surface area contributed by atoms with E-state index >= 15 is 0 Å². The zero-order valence-electron chi connectivity index (χ0n) is 11.9. The summed E-state index contributed by atoms with van der Waals surface area (Å²) in [7, 11) is 0. The van der Waals surface area contributed by atoms with E-state index in [-0.39, 0.29) is 25.6 Å². The van der Waals surface area contributed by atoms with Gasteiger partial charge in [-0.2, -0.15) is 13.2 Å². The average molecular weight is 325 g/mol. The maximum absolute atomic E-state index is 12.4. The largest absolute Gasteiger partial charge is 0.401 e. The molecule has 9 heteroatoms. The minimum Gasteiger partial charge on any atom is -0.395 e. The van der Waals surface area contributed by atoms with Gasteiger partial charge in [0.15, 0.2) is 5.13 Å². The summed E-state index contributed by atoms with van der Waals surface area (Å²) in [5.74, 6) is -0.166. The molecule has 0 saturated heterocycles. The van der Waals surface area contributed by atoms with Crippen molar-refractivity contribution in [3.05, 3.63) is 11.1 Å². The maximum atomic E-state index is 12.4. The lowest BCUT2D eigenvalue weighted by Gasteiger charge is -2.21. The van der Waals surface area contributed by atoms with Gasteiger partial charge >= 0.3 is 6.18 Å². The third kappa shape index (κ3) is 5.98. The van der Waals surface area contributed by atoms with Gasteiger partial charge in [-0.15, -0.1) is 11.3 Å². The molecule has 1 aromatic heterocycles. The molecule has 0 spiro atoms. The van der Waals surface area contributed by atoms with Crippen LogP contribution in [0, 0.1) is 0 Å². The number of alkyl halides is 3. The first-order valence-electron chi connectivity index (χ1n) is 6.39. The van der Waals surface area contributed by atoms with E-state index in [0.29, 0.717) is 17.4 Å². The lowest BCUT2D eigenvalue weighted by molar-refractivity contribution is -0.148. The van der Waals surface area contributed by atoms with E-state index in [1.54, 1.807) is 12.3 Å². The summed E-state index contributed by atoms with van der Waals surface area (Å²) in [6, 6.07) is 0. The number of thiazole rings is 1. The van der Waals surface area contributed by atoms with Crippen molar-refractivity contribution in [1.82, 2.24) is 9.88 Å². The fraction of sp³-hybridized carbons (Fsp3) is 0.667. The van der Waals surface area contributed by atoms with Gasteiger partial charge in [-0.25, -0.2) is 4.98 Å². The minimum absolute atomic E-state index is 0.0218. The van der Waals surface area contributed by atoms with E-state index in [4.69, 9.17) is 5.11 Å². The van der Waals surface area contributed by atoms with Crippen LogP contribution in [0.3, 0.4) is 0 Å². The molecule has 21 heavy (non-hydrogen) atoms. The first-order chi connectivity index (χ1) is 9.76. The van der Waals surface area contributed by atoms with Crippen molar-refractivity contribution < 1.29 is 23.1 Å². The van der Waals surface area contributed by atoms with E-state index in [2.05, 4.69) is 4.98 Å². The topological polar surface area (TPSA) is 56.7 Å². The van der Waals surface area contributed by atoms with Crippen LogP contribution in [0.2, 0.25) is 0 Å². The lowest BCUT2D eigenvalue weighted by Crippen LogP contribution is -2.35. The van der Waals surface area contributed by atoms with E-state index in [0.717, 1.165) is 4.90 Å². The van der Waals surface area contributed by atoms with Gasteiger partial charge in [0.1, 0.15) is 0 Å². The van der Waals surface area contributed by atoms with Gasteiger partial charge < -0.3 is 5.11 Å². The summed E-state index contributed by atoms with van der Waals surface area (Å²) in [6.07, 6.45) is -4.33. The molecule has 0 saturated carbocycles. The monoisotopic (exact) mass is 325 g/mol. The van der Waals surface area contributed by atoms with Crippen LogP contribution in [0.25, 0.3) is 0 Å². The Kier molecular flexibility index (Phi) is 6.56. The molecule has 1 aromatic rings. The molecule has 1 N–H and O–H groups in total. The molecule has 120 valence electrons. The molecule has 0 aromatic carbocycles. The molecular weight excluding hydrogens is 307 g/mol. The maximum Gasteiger partial charge on any atom is 0.401 e. The van der Waals surface area contributed by atoms with Crippen LogP contribution in [0.5, 0.6) is 0 Å². The highest BCUT2D eigenvalue weighted by atomic mass is 32.1. The fourth-order valence-corrected chi connectivity index (χ4v) is 2.75. The number of nitrogens with zero attached hydrogens (tertiary/aromatic N) is 3. The van der Waals surface area contributed by atoms with Gasteiger partial charge in [-0.1, -0.05) is 0 Å².